The van der Waals surface area contributed by atoms with Crippen LogP contribution in [0.4, 0.5) is 0 Å². The Bertz CT molecular complexity index is 717. The van der Waals surface area contributed by atoms with Crippen molar-refractivity contribution in [2.75, 3.05) is 34.0 Å². The van der Waals surface area contributed by atoms with Gasteiger partial charge in [-0.15, -0.1) is 0 Å². The van der Waals surface area contributed by atoms with Gasteiger partial charge >= 0.3 is 5.97 Å². The molecule has 0 radical (unpaired) electrons. The van der Waals surface area contributed by atoms with E-state index in [9.17, 15) is 14.4 Å². The van der Waals surface area contributed by atoms with Crippen LogP contribution in [0, 0.1) is 0 Å². The van der Waals surface area contributed by atoms with E-state index in [4.69, 9.17) is 25.8 Å². The Balaban J connectivity index is 1.80. The summed E-state index contributed by atoms with van der Waals surface area (Å²) in [6, 6.07) is 3.27. The number of benzene rings is 1. The first-order chi connectivity index (χ1) is 11.9. The molecule has 1 aromatic carbocycles. The van der Waals surface area contributed by atoms with Gasteiger partial charge in [0.25, 0.3) is 5.91 Å². The summed E-state index contributed by atoms with van der Waals surface area (Å²) < 4.78 is 15.2. The van der Waals surface area contributed by atoms with Gasteiger partial charge in [-0.05, 0) is 23.8 Å². The van der Waals surface area contributed by atoms with Crippen molar-refractivity contribution in [2.24, 2.45) is 0 Å². The number of halogens is 1. The van der Waals surface area contributed by atoms with Crippen molar-refractivity contribution in [3.8, 4) is 11.5 Å². The van der Waals surface area contributed by atoms with Crippen LogP contribution < -0.4 is 14.8 Å². The van der Waals surface area contributed by atoms with Crippen molar-refractivity contribution >= 4 is 35.5 Å². The van der Waals surface area contributed by atoms with Crippen molar-refractivity contribution in [2.45, 2.75) is 0 Å². The quantitative estimate of drug-likeness (QED) is 0.590. The molecule has 0 saturated carbocycles. The molecule has 25 heavy (non-hydrogen) atoms. The molecule has 0 unspecified atom stereocenters. The normalized spacial score (nSPS) is 12.1. The highest BCUT2D eigenvalue weighted by Crippen LogP contribution is 2.40. The molecule has 1 aliphatic rings. The molecule has 0 atom stereocenters. The van der Waals surface area contributed by atoms with Crippen molar-refractivity contribution in [1.82, 2.24) is 10.2 Å². The Hall–Kier alpha value is -2.74. The number of carbonyl (C=O) groups is 3. The zero-order valence-electron chi connectivity index (χ0n) is 13.7. The summed E-state index contributed by atoms with van der Waals surface area (Å²) in [5, 5.41) is 2.72. The van der Waals surface area contributed by atoms with Crippen molar-refractivity contribution in [1.29, 1.82) is 0 Å². The number of likely N-dealkylation sites (N-methyl/N-ethyl adjacent to an activating group) is 1. The van der Waals surface area contributed by atoms with Gasteiger partial charge in [-0.2, -0.15) is 0 Å². The SMILES string of the molecule is CN(C)C(=O)CNC(=O)COC(=O)/C=C/c1cc(Cl)c2c(c1)OCO2. The number of nitrogens with zero attached hydrogens (tertiary/aromatic N) is 1. The fourth-order valence-electron chi connectivity index (χ4n) is 1.82. The number of nitrogens with one attached hydrogen (secondary N) is 1. The van der Waals surface area contributed by atoms with E-state index >= 15 is 0 Å². The summed E-state index contributed by atoms with van der Waals surface area (Å²) in [6.45, 7) is -0.545. The molecule has 1 aliphatic heterocycles. The molecule has 0 fully saturated rings. The van der Waals surface area contributed by atoms with Gasteiger partial charge in [0.05, 0.1) is 11.6 Å². The molecule has 134 valence electrons. The van der Waals surface area contributed by atoms with Gasteiger partial charge in [-0.25, -0.2) is 4.79 Å². The van der Waals surface area contributed by atoms with E-state index < -0.39 is 18.5 Å². The number of carbonyl (C=O) groups excluding carboxylic acids is 3. The maximum absolute atomic E-state index is 11.6. The predicted molar refractivity (Wildman–Crippen MR) is 89.3 cm³/mol. The third-order valence-electron chi connectivity index (χ3n) is 3.14. The summed E-state index contributed by atoms with van der Waals surface area (Å²) in [4.78, 5) is 35.8. The van der Waals surface area contributed by atoms with E-state index in [0.717, 1.165) is 6.08 Å². The molecule has 0 spiro atoms. The number of rotatable bonds is 6. The predicted octanol–water partition coefficient (Wildman–Crippen LogP) is 0.830. The largest absolute Gasteiger partial charge is 0.454 e. The zero-order chi connectivity index (χ0) is 18.4. The zero-order valence-corrected chi connectivity index (χ0v) is 14.5. The van der Waals surface area contributed by atoms with Gasteiger partial charge in [-0.1, -0.05) is 11.6 Å². The van der Waals surface area contributed by atoms with Crippen LogP contribution in [0.1, 0.15) is 5.56 Å². The summed E-state index contributed by atoms with van der Waals surface area (Å²) in [7, 11) is 3.14. The summed E-state index contributed by atoms with van der Waals surface area (Å²) in [5.41, 5.74) is 0.618. The third-order valence-corrected chi connectivity index (χ3v) is 3.42. The molecular weight excluding hydrogens is 352 g/mol. The molecule has 2 amide bonds. The number of esters is 1. The summed E-state index contributed by atoms with van der Waals surface area (Å²) >= 11 is 6.04. The van der Waals surface area contributed by atoms with Gasteiger partial charge < -0.3 is 24.4 Å². The van der Waals surface area contributed by atoms with Crippen LogP contribution in [0.5, 0.6) is 11.5 Å². The average Bonchev–Trinajstić information content (AvgIpc) is 3.04. The van der Waals surface area contributed by atoms with E-state index in [1.807, 2.05) is 0 Å². The van der Waals surface area contributed by atoms with Crippen LogP contribution >= 0.6 is 11.6 Å². The smallest absolute Gasteiger partial charge is 0.331 e. The van der Waals surface area contributed by atoms with Crippen molar-refractivity contribution < 1.29 is 28.6 Å². The van der Waals surface area contributed by atoms with Crippen LogP contribution in [0.15, 0.2) is 18.2 Å². The molecule has 0 saturated heterocycles. The van der Waals surface area contributed by atoms with Gasteiger partial charge in [0.1, 0.15) is 0 Å². The number of fused-ring (bicyclic) bond motifs is 1. The lowest BCUT2D eigenvalue weighted by Gasteiger charge is -2.10. The molecule has 2 rings (SSSR count). The first-order valence-electron chi connectivity index (χ1n) is 7.27. The average molecular weight is 369 g/mol. The Morgan fingerprint density at radius 1 is 1.32 bits per heavy atom. The summed E-state index contributed by atoms with van der Waals surface area (Å²) in [6.07, 6.45) is 2.63. The summed E-state index contributed by atoms with van der Waals surface area (Å²) in [5.74, 6) is -0.582. The van der Waals surface area contributed by atoms with Crippen LogP contribution in [-0.4, -0.2) is 56.7 Å². The Morgan fingerprint density at radius 2 is 2.08 bits per heavy atom. The number of hydrogen-bond acceptors (Lipinski definition) is 6. The highest BCUT2D eigenvalue weighted by atomic mass is 35.5. The maximum atomic E-state index is 11.6. The van der Waals surface area contributed by atoms with E-state index in [1.165, 1.54) is 11.0 Å². The van der Waals surface area contributed by atoms with Crippen LogP contribution in [0.3, 0.4) is 0 Å². The number of ether oxygens (including phenoxy) is 3. The fourth-order valence-corrected chi connectivity index (χ4v) is 2.09. The Morgan fingerprint density at radius 3 is 2.80 bits per heavy atom. The number of amides is 2. The van der Waals surface area contributed by atoms with Gasteiger partial charge in [-0.3, -0.25) is 9.59 Å². The molecular formula is C16H17ClN2O6. The first-order valence-corrected chi connectivity index (χ1v) is 7.65. The molecule has 0 aliphatic carbocycles. The minimum absolute atomic E-state index is 0.0930. The van der Waals surface area contributed by atoms with Gasteiger partial charge in [0.15, 0.2) is 18.1 Å². The van der Waals surface area contributed by atoms with Crippen LogP contribution in [-0.2, 0) is 19.1 Å². The lowest BCUT2D eigenvalue weighted by atomic mass is 10.2. The van der Waals surface area contributed by atoms with E-state index in [-0.39, 0.29) is 19.2 Å². The first kappa shape index (κ1) is 18.6. The molecule has 0 bridgehead atoms. The monoisotopic (exact) mass is 368 g/mol. The topological polar surface area (TPSA) is 94.2 Å². The molecule has 1 aromatic rings. The lowest BCUT2D eigenvalue weighted by Crippen LogP contribution is -2.38. The van der Waals surface area contributed by atoms with E-state index in [2.05, 4.69) is 5.32 Å². The standard InChI is InChI=1S/C16H17ClN2O6/c1-19(2)14(21)7-18-13(20)8-23-15(22)4-3-10-5-11(17)16-12(6-10)24-9-25-16/h3-6H,7-9H2,1-2H3,(H,18,20)/b4-3+. The second-order valence-corrected chi connectivity index (χ2v) is 5.65. The molecule has 9 heteroatoms. The van der Waals surface area contributed by atoms with E-state index in [0.29, 0.717) is 22.1 Å². The number of hydrogen-bond donors (Lipinski definition) is 1. The third kappa shape index (κ3) is 5.39. The fraction of sp³-hybridized carbons (Fsp3) is 0.312. The minimum atomic E-state index is -0.706. The highest BCUT2D eigenvalue weighted by molar-refractivity contribution is 6.32. The maximum Gasteiger partial charge on any atom is 0.331 e. The molecule has 8 nitrogen and oxygen atoms in total. The van der Waals surface area contributed by atoms with Crippen molar-refractivity contribution in [3.05, 3.63) is 28.8 Å². The Labute approximate surface area is 149 Å². The second kappa shape index (κ2) is 8.39. The van der Waals surface area contributed by atoms with Gasteiger partial charge in [0.2, 0.25) is 12.7 Å². The Kier molecular flexibility index (Phi) is 6.24. The highest BCUT2D eigenvalue weighted by Gasteiger charge is 2.17. The molecule has 0 aromatic heterocycles. The molecule has 1 N–H and O–H groups in total. The van der Waals surface area contributed by atoms with Crippen molar-refractivity contribution in [3.63, 3.8) is 0 Å². The minimum Gasteiger partial charge on any atom is -0.454 e. The van der Waals surface area contributed by atoms with Gasteiger partial charge in [0, 0.05) is 20.2 Å². The van der Waals surface area contributed by atoms with E-state index in [1.54, 1.807) is 26.2 Å². The molecule has 1 heterocycles. The lowest BCUT2D eigenvalue weighted by molar-refractivity contribution is -0.144. The van der Waals surface area contributed by atoms with Crippen LogP contribution in [0.2, 0.25) is 5.02 Å². The van der Waals surface area contributed by atoms with Crippen LogP contribution in [0.25, 0.3) is 6.08 Å². The second-order valence-electron chi connectivity index (χ2n) is 5.24.